The topological polar surface area (TPSA) is 107 Å². The zero-order valence-corrected chi connectivity index (χ0v) is 23.2. The van der Waals surface area contributed by atoms with Gasteiger partial charge in [-0.05, 0) is 25.8 Å². The summed E-state index contributed by atoms with van der Waals surface area (Å²) in [6.07, 6.45) is 2.88. The van der Waals surface area contributed by atoms with Crippen LogP contribution < -0.4 is 9.47 Å². The van der Waals surface area contributed by atoms with Crippen LogP contribution in [0.2, 0.25) is 0 Å². The van der Waals surface area contributed by atoms with Crippen molar-refractivity contribution >= 4 is 11.9 Å². The molecule has 1 amide bonds. The van der Waals surface area contributed by atoms with Gasteiger partial charge >= 0.3 is 5.97 Å². The van der Waals surface area contributed by atoms with E-state index >= 15 is 0 Å². The van der Waals surface area contributed by atoms with Gasteiger partial charge in [-0.1, -0.05) is 12.1 Å². The zero-order chi connectivity index (χ0) is 27.6. The SMILES string of the molecule is CCOC(=O)C1CCCN(C(=O)c2coc(CN(CCN3CCOCC3)Cc3cccc(OC)c3OC)n2)C1. The third-order valence-electron chi connectivity index (χ3n) is 7.17. The Hall–Kier alpha value is -3.15. The monoisotopic (exact) mass is 544 g/mol. The van der Waals surface area contributed by atoms with Gasteiger partial charge in [-0.2, -0.15) is 0 Å². The van der Waals surface area contributed by atoms with Crippen LogP contribution in [0.3, 0.4) is 0 Å². The van der Waals surface area contributed by atoms with Crippen molar-refractivity contribution in [2.24, 2.45) is 5.92 Å². The van der Waals surface area contributed by atoms with E-state index in [0.717, 1.165) is 57.8 Å². The Morgan fingerprint density at radius 2 is 1.95 bits per heavy atom. The minimum atomic E-state index is -0.303. The number of oxazole rings is 1. The number of piperidine rings is 1. The number of carbonyl (C=O) groups is 2. The molecule has 214 valence electrons. The fourth-order valence-corrected chi connectivity index (χ4v) is 5.09. The van der Waals surface area contributed by atoms with Gasteiger partial charge in [0.2, 0.25) is 5.89 Å². The van der Waals surface area contributed by atoms with Crippen LogP contribution in [0.4, 0.5) is 0 Å². The van der Waals surface area contributed by atoms with E-state index in [-0.39, 0.29) is 23.5 Å². The molecule has 0 bridgehead atoms. The normalized spacial score (nSPS) is 18.3. The van der Waals surface area contributed by atoms with Crippen LogP contribution in [-0.4, -0.2) is 105 Å². The van der Waals surface area contributed by atoms with Crippen molar-refractivity contribution in [1.82, 2.24) is 19.7 Å². The molecule has 2 aliphatic heterocycles. The molecule has 0 aliphatic carbocycles. The van der Waals surface area contributed by atoms with E-state index in [9.17, 15) is 9.59 Å². The summed E-state index contributed by atoms with van der Waals surface area (Å²) in [6.45, 7) is 8.95. The van der Waals surface area contributed by atoms with Gasteiger partial charge in [0.1, 0.15) is 6.26 Å². The molecule has 0 N–H and O–H groups in total. The summed E-state index contributed by atoms with van der Waals surface area (Å²) in [7, 11) is 3.26. The highest BCUT2D eigenvalue weighted by atomic mass is 16.5. The highest BCUT2D eigenvalue weighted by Gasteiger charge is 2.31. The van der Waals surface area contributed by atoms with Crippen molar-refractivity contribution in [1.29, 1.82) is 0 Å². The molecule has 4 rings (SSSR count). The number of methoxy groups -OCH3 is 2. The molecular weight excluding hydrogens is 504 g/mol. The van der Waals surface area contributed by atoms with Gasteiger partial charge in [0.25, 0.3) is 5.91 Å². The van der Waals surface area contributed by atoms with E-state index in [1.165, 1.54) is 6.26 Å². The Balaban J connectivity index is 1.45. The summed E-state index contributed by atoms with van der Waals surface area (Å²) >= 11 is 0. The van der Waals surface area contributed by atoms with E-state index in [1.807, 2.05) is 18.2 Å². The number of benzene rings is 1. The lowest BCUT2D eigenvalue weighted by Crippen LogP contribution is -2.43. The van der Waals surface area contributed by atoms with E-state index in [4.69, 9.17) is 23.4 Å². The Morgan fingerprint density at radius 3 is 2.69 bits per heavy atom. The second kappa shape index (κ2) is 14.3. The van der Waals surface area contributed by atoms with Crippen molar-refractivity contribution in [2.45, 2.75) is 32.9 Å². The highest BCUT2D eigenvalue weighted by Crippen LogP contribution is 2.32. The molecule has 2 saturated heterocycles. The summed E-state index contributed by atoms with van der Waals surface area (Å²) in [5.41, 5.74) is 1.24. The molecule has 0 spiro atoms. The van der Waals surface area contributed by atoms with Crippen LogP contribution in [0.5, 0.6) is 11.5 Å². The summed E-state index contributed by atoms with van der Waals surface area (Å²) in [6, 6.07) is 5.84. The number of hydrogen-bond acceptors (Lipinski definition) is 10. The lowest BCUT2D eigenvalue weighted by molar-refractivity contribution is -0.149. The van der Waals surface area contributed by atoms with Crippen molar-refractivity contribution < 1.29 is 33.0 Å². The molecule has 3 heterocycles. The average molecular weight is 545 g/mol. The van der Waals surface area contributed by atoms with Crippen molar-refractivity contribution in [3.8, 4) is 11.5 Å². The molecule has 39 heavy (non-hydrogen) atoms. The van der Waals surface area contributed by atoms with E-state index in [1.54, 1.807) is 26.0 Å². The van der Waals surface area contributed by atoms with Gasteiger partial charge < -0.3 is 28.3 Å². The highest BCUT2D eigenvalue weighted by molar-refractivity contribution is 5.92. The smallest absolute Gasteiger partial charge is 0.310 e. The largest absolute Gasteiger partial charge is 0.493 e. The van der Waals surface area contributed by atoms with Crippen LogP contribution >= 0.6 is 0 Å². The minimum absolute atomic E-state index is 0.228. The predicted molar refractivity (Wildman–Crippen MR) is 143 cm³/mol. The first-order valence-electron chi connectivity index (χ1n) is 13.6. The molecule has 1 unspecified atom stereocenters. The molecule has 11 heteroatoms. The molecule has 2 fully saturated rings. The van der Waals surface area contributed by atoms with Crippen molar-refractivity contribution in [3.05, 3.63) is 41.6 Å². The lowest BCUT2D eigenvalue weighted by atomic mass is 9.98. The Bertz CT molecular complexity index is 1090. The summed E-state index contributed by atoms with van der Waals surface area (Å²) in [5, 5.41) is 0. The molecule has 0 saturated carbocycles. The fourth-order valence-electron chi connectivity index (χ4n) is 5.09. The second-order valence-corrected chi connectivity index (χ2v) is 9.79. The lowest BCUT2D eigenvalue weighted by Gasteiger charge is -2.31. The molecule has 1 atom stereocenters. The van der Waals surface area contributed by atoms with Gasteiger partial charge in [0, 0.05) is 51.4 Å². The molecule has 2 aromatic rings. The summed E-state index contributed by atoms with van der Waals surface area (Å²) in [5.74, 6) is 1.05. The van der Waals surface area contributed by atoms with E-state index < -0.39 is 0 Å². The number of morpholine rings is 1. The van der Waals surface area contributed by atoms with E-state index in [2.05, 4.69) is 14.8 Å². The predicted octanol–water partition coefficient (Wildman–Crippen LogP) is 2.44. The summed E-state index contributed by atoms with van der Waals surface area (Å²) < 4.78 is 27.6. The maximum absolute atomic E-state index is 13.2. The van der Waals surface area contributed by atoms with Crippen LogP contribution in [0, 0.1) is 5.92 Å². The Kier molecular flexibility index (Phi) is 10.6. The van der Waals surface area contributed by atoms with Gasteiger partial charge in [-0.3, -0.25) is 19.4 Å². The third-order valence-corrected chi connectivity index (χ3v) is 7.17. The van der Waals surface area contributed by atoms with Crippen LogP contribution in [0.1, 0.15) is 41.7 Å². The zero-order valence-electron chi connectivity index (χ0n) is 23.2. The van der Waals surface area contributed by atoms with Crippen molar-refractivity contribution in [3.63, 3.8) is 0 Å². The van der Waals surface area contributed by atoms with Gasteiger partial charge in [-0.25, -0.2) is 4.98 Å². The van der Waals surface area contributed by atoms with E-state index in [0.29, 0.717) is 50.2 Å². The average Bonchev–Trinajstić information content (AvgIpc) is 3.44. The molecule has 2 aliphatic rings. The minimum Gasteiger partial charge on any atom is -0.493 e. The number of hydrogen-bond donors (Lipinski definition) is 0. The van der Waals surface area contributed by atoms with Gasteiger partial charge in [-0.15, -0.1) is 0 Å². The third kappa shape index (κ3) is 7.71. The number of rotatable bonds is 12. The molecule has 11 nitrogen and oxygen atoms in total. The molecular formula is C28H40N4O7. The number of ether oxygens (including phenoxy) is 4. The molecule has 0 radical (unpaired) electrons. The first-order valence-corrected chi connectivity index (χ1v) is 13.6. The van der Waals surface area contributed by atoms with Crippen LogP contribution in [-0.2, 0) is 27.4 Å². The number of amides is 1. The fraction of sp³-hybridized carbons (Fsp3) is 0.607. The second-order valence-electron chi connectivity index (χ2n) is 9.79. The Labute approximate surface area is 229 Å². The number of aromatic nitrogens is 1. The molecule has 1 aromatic heterocycles. The maximum atomic E-state index is 13.2. The number of carbonyl (C=O) groups excluding carboxylic acids is 2. The first kappa shape index (κ1) is 28.8. The number of esters is 1. The van der Waals surface area contributed by atoms with Crippen LogP contribution in [0.15, 0.2) is 28.9 Å². The molecule has 1 aromatic carbocycles. The van der Waals surface area contributed by atoms with Crippen LogP contribution in [0.25, 0.3) is 0 Å². The standard InChI is InChI=1S/C28H40N4O7/c1-4-38-28(34)22-8-6-10-32(18-22)27(33)23-20-39-25(29-23)19-31(12-11-30-13-15-37-16-14-30)17-21-7-5-9-24(35-2)26(21)36-3/h5,7,9,20,22H,4,6,8,10-19H2,1-3H3. The van der Waals surface area contributed by atoms with Crippen molar-refractivity contribution in [2.75, 3.05) is 73.3 Å². The first-order chi connectivity index (χ1) is 19.0. The number of para-hydroxylation sites is 1. The number of nitrogens with zero attached hydrogens (tertiary/aromatic N) is 4. The summed E-state index contributed by atoms with van der Waals surface area (Å²) in [4.78, 5) is 36.2. The quantitative estimate of drug-likeness (QED) is 0.370. The number of likely N-dealkylation sites (tertiary alicyclic amines) is 1. The maximum Gasteiger partial charge on any atom is 0.310 e. The van der Waals surface area contributed by atoms with Gasteiger partial charge in [0.05, 0.1) is 46.5 Å². The van der Waals surface area contributed by atoms with Gasteiger partial charge in [0.15, 0.2) is 17.2 Å². The Morgan fingerprint density at radius 1 is 1.13 bits per heavy atom.